The Balaban J connectivity index is 1.42. The average molecular weight is 506 g/mol. The zero-order chi connectivity index (χ0) is 23.0. The first-order chi connectivity index (χ1) is 15.9. The van der Waals surface area contributed by atoms with Crippen molar-refractivity contribution in [1.29, 1.82) is 0 Å². The molecule has 0 N–H and O–H groups in total. The van der Waals surface area contributed by atoms with E-state index in [2.05, 4.69) is 6.07 Å². The molecule has 2 saturated heterocycles. The molecule has 0 saturated carbocycles. The van der Waals surface area contributed by atoms with Crippen LogP contribution in [-0.4, -0.2) is 56.0 Å². The van der Waals surface area contributed by atoms with Crippen molar-refractivity contribution in [3.8, 4) is 0 Å². The third kappa shape index (κ3) is 4.72. The Morgan fingerprint density at radius 2 is 2.15 bits per heavy atom. The number of thiazole rings is 1. The second-order valence-electron chi connectivity index (χ2n) is 8.69. The molecule has 2 atom stereocenters. The Labute approximate surface area is 202 Å². The average Bonchev–Trinajstić information content (AvgIpc) is 3.58. The molecular formula is C23H27N3O4S3. The van der Waals surface area contributed by atoms with E-state index in [-0.39, 0.29) is 18.6 Å². The van der Waals surface area contributed by atoms with Crippen molar-refractivity contribution in [3.05, 3.63) is 41.3 Å². The van der Waals surface area contributed by atoms with Gasteiger partial charge in [0.15, 0.2) is 5.13 Å². The number of ether oxygens (including phenoxy) is 1. The minimum absolute atomic E-state index is 0.0164. The number of sulfonamides is 1. The minimum atomic E-state index is -3.58. The lowest BCUT2D eigenvalue weighted by Gasteiger charge is -2.34. The van der Waals surface area contributed by atoms with Crippen molar-refractivity contribution in [1.82, 2.24) is 9.29 Å². The Kier molecular flexibility index (Phi) is 6.54. The van der Waals surface area contributed by atoms with E-state index >= 15 is 0 Å². The molecule has 7 nitrogen and oxygen atoms in total. The third-order valence-electron chi connectivity index (χ3n) is 6.26. The Hall–Kier alpha value is -1.85. The summed E-state index contributed by atoms with van der Waals surface area (Å²) >= 11 is 2.72. The number of hydrogen-bond donors (Lipinski definition) is 0. The number of carbonyl (C=O) groups is 1. The summed E-state index contributed by atoms with van der Waals surface area (Å²) in [4.78, 5) is 20.3. The fourth-order valence-corrected chi connectivity index (χ4v) is 8.26. The number of amides is 1. The summed E-state index contributed by atoms with van der Waals surface area (Å²) in [6.07, 6.45) is 3.21. The van der Waals surface area contributed by atoms with Crippen LogP contribution in [0.3, 0.4) is 0 Å². The Morgan fingerprint density at radius 3 is 2.91 bits per heavy atom. The first kappa shape index (κ1) is 22.9. The van der Waals surface area contributed by atoms with Gasteiger partial charge in [-0.1, -0.05) is 23.5 Å². The highest BCUT2D eigenvalue weighted by atomic mass is 32.2. The maximum atomic E-state index is 13.8. The van der Waals surface area contributed by atoms with Crippen LogP contribution in [0.15, 0.2) is 39.9 Å². The van der Waals surface area contributed by atoms with Crippen LogP contribution in [0, 0.1) is 12.8 Å². The molecule has 2 unspecified atom stereocenters. The molecule has 2 aromatic heterocycles. The van der Waals surface area contributed by atoms with Gasteiger partial charge in [0.25, 0.3) is 10.0 Å². The lowest BCUT2D eigenvalue weighted by molar-refractivity contribution is -0.123. The van der Waals surface area contributed by atoms with Gasteiger partial charge in [-0.05, 0) is 61.7 Å². The SMILES string of the molecule is Cc1ccc2nc(N(CC3CCCO3)C(=O)C3CCCN(S(=O)(=O)c4cccs4)C3)sc2c1. The smallest absolute Gasteiger partial charge is 0.252 e. The largest absolute Gasteiger partial charge is 0.376 e. The van der Waals surface area contributed by atoms with Gasteiger partial charge in [-0.3, -0.25) is 9.69 Å². The molecular weight excluding hydrogens is 478 g/mol. The molecule has 0 radical (unpaired) electrons. The second kappa shape index (κ2) is 9.42. The van der Waals surface area contributed by atoms with Gasteiger partial charge in [0.1, 0.15) is 4.21 Å². The van der Waals surface area contributed by atoms with E-state index in [1.54, 1.807) is 22.4 Å². The lowest BCUT2D eigenvalue weighted by atomic mass is 9.98. The lowest BCUT2D eigenvalue weighted by Crippen LogP contribution is -2.48. The number of fused-ring (bicyclic) bond motifs is 1. The van der Waals surface area contributed by atoms with Crippen LogP contribution in [0.1, 0.15) is 31.2 Å². The minimum Gasteiger partial charge on any atom is -0.376 e. The zero-order valence-corrected chi connectivity index (χ0v) is 20.9. The van der Waals surface area contributed by atoms with Crippen LogP contribution >= 0.6 is 22.7 Å². The zero-order valence-electron chi connectivity index (χ0n) is 18.5. The van der Waals surface area contributed by atoms with Crippen molar-refractivity contribution < 1.29 is 17.9 Å². The number of rotatable bonds is 6. The number of hydrogen-bond acceptors (Lipinski definition) is 7. The first-order valence-electron chi connectivity index (χ1n) is 11.3. The molecule has 2 fully saturated rings. The van der Waals surface area contributed by atoms with E-state index in [9.17, 15) is 13.2 Å². The quantitative estimate of drug-likeness (QED) is 0.500. The van der Waals surface area contributed by atoms with Crippen LogP contribution in [0.4, 0.5) is 5.13 Å². The molecule has 2 aliphatic heterocycles. The van der Waals surface area contributed by atoms with Crippen molar-refractivity contribution in [3.63, 3.8) is 0 Å². The number of aryl methyl sites for hydroxylation is 1. The molecule has 5 rings (SSSR count). The van der Waals surface area contributed by atoms with Gasteiger partial charge in [-0.25, -0.2) is 13.4 Å². The maximum absolute atomic E-state index is 13.8. The molecule has 0 bridgehead atoms. The van der Waals surface area contributed by atoms with Gasteiger partial charge in [-0.15, -0.1) is 11.3 Å². The van der Waals surface area contributed by atoms with Crippen molar-refractivity contribution in [2.75, 3.05) is 31.1 Å². The van der Waals surface area contributed by atoms with E-state index in [1.165, 1.54) is 27.0 Å². The molecule has 3 aromatic rings. The van der Waals surface area contributed by atoms with Crippen LogP contribution in [0.2, 0.25) is 0 Å². The van der Waals surface area contributed by atoms with Crippen LogP contribution in [-0.2, 0) is 19.6 Å². The Morgan fingerprint density at radius 1 is 1.27 bits per heavy atom. The summed E-state index contributed by atoms with van der Waals surface area (Å²) in [5, 5.41) is 2.42. The highest BCUT2D eigenvalue weighted by Crippen LogP contribution is 2.33. The summed E-state index contributed by atoms with van der Waals surface area (Å²) in [5.41, 5.74) is 2.02. The van der Waals surface area contributed by atoms with Crippen LogP contribution in [0.5, 0.6) is 0 Å². The van der Waals surface area contributed by atoms with Crippen LogP contribution < -0.4 is 4.90 Å². The van der Waals surface area contributed by atoms with E-state index in [4.69, 9.17) is 9.72 Å². The summed E-state index contributed by atoms with van der Waals surface area (Å²) in [6, 6.07) is 9.45. The third-order valence-corrected chi connectivity index (χ3v) is 10.5. The number of aromatic nitrogens is 1. The number of thiophene rings is 1. The molecule has 1 amide bonds. The Bertz CT molecular complexity index is 1230. The van der Waals surface area contributed by atoms with Crippen molar-refractivity contribution in [2.45, 2.75) is 42.9 Å². The van der Waals surface area contributed by atoms with Gasteiger partial charge in [0.2, 0.25) is 5.91 Å². The predicted octanol–water partition coefficient (Wildman–Crippen LogP) is 4.28. The van der Waals surface area contributed by atoms with E-state index in [0.717, 1.165) is 28.6 Å². The summed E-state index contributed by atoms with van der Waals surface area (Å²) in [6.45, 7) is 3.84. The highest BCUT2D eigenvalue weighted by Gasteiger charge is 2.37. The van der Waals surface area contributed by atoms with Crippen molar-refractivity contribution >= 4 is 54.0 Å². The fraction of sp³-hybridized carbons (Fsp3) is 0.478. The maximum Gasteiger partial charge on any atom is 0.252 e. The molecule has 2 aliphatic rings. The monoisotopic (exact) mass is 505 g/mol. The standard InChI is InChI=1S/C23H27N3O4S3/c1-16-8-9-19-20(13-16)32-23(24-19)26(15-18-6-3-11-30-18)22(27)17-5-2-10-25(14-17)33(28,29)21-7-4-12-31-21/h4,7-9,12-13,17-18H,2-3,5-6,10-11,14-15H2,1H3. The van der Waals surface area contributed by atoms with Crippen molar-refractivity contribution in [2.24, 2.45) is 5.92 Å². The molecule has 176 valence electrons. The molecule has 33 heavy (non-hydrogen) atoms. The fourth-order valence-electron chi connectivity index (χ4n) is 4.51. The van der Waals surface area contributed by atoms with Gasteiger partial charge < -0.3 is 4.74 Å². The molecule has 0 spiro atoms. The number of carbonyl (C=O) groups excluding carboxylic acids is 1. The van der Waals surface area contributed by atoms with Gasteiger partial charge in [0.05, 0.1) is 28.8 Å². The predicted molar refractivity (Wildman–Crippen MR) is 131 cm³/mol. The second-order valence-corrected chi connectivity index (χ2v) is 12.8. The van der Waals surface area contributed by atoms with E-state index in [0.29, 0.717) is 41.9 Å². The number of piperidine rings is 1. The van der Waals surface area contributed by atoms with E-state index in [1.807, 2.05) is 19.1 Å². The number of benzene rings is 1. The van der Waals surface area contributed by atoms with Gasteiger partial charge >= 0.3 is 0 Å². The first-order valence-corrected chi connectivity index (χ1v) is 14.4. The summed E-state index contributed by atoms with van der Waals surface area (Å²) in [7, 11) is -3.58. The number of nitrogens with zero attached hydrogens (tertiary/aromatic N) is 3. The topological polar surface area (TPSA) is 79.8 Å². The normalized spacial score (nSPS) is 22.1. The van der Waals surface area contributed by atoms with Gasteiger partial charge in [-0.2, -0.15) is 4.31 Å². The molecule has 0 aliphatic carbocycles. The summed E-state index contributed by atoms with van der Waals surface area (Å²) < 4.78 is 34.8. The number of anilines is 1. The van der Waals surface area contributed by atoms with Crippen LogP contribution in [0.25, 0.3) is 10.2 Å². The highest BCUT2D eigenvalue weighted by molar-refractivity contribution is 7.91. The molecule has 1 aromatic carbocycles. The van der Waals surface area contributed by atoms with E-state index < -0.39 is 15.9 Å². The molecule has 4 heterocycles. The summed E-state index contributed by atoms with van der Waals surface area (Å²) in [5.74, 6) is -0.462. The molecule has 10 heteroatoms. The van der Waals surface area contributed by atoms with Gasteiger partial charge in [0, 0.05) is 19.7 Å².